The minimum atomic E-state index is -0.547. The Hall–Kier alpha value is -1.07. The highest BCUT2D eigenvalue weighted by molar-refractivity contribution is 7.11. The molecule has 1 heterocycles. The van der Waals surface area contributed by atoms with E-state index in [0.717, 1.165) is 44.6 Å². The number of hydrogen-bond acceptors (Lipinski definition) is 3. The maximum absolute atomic E-state index is 10.4. The van der Waals surface area contributed by atoms with E-state index in [1.807, 2.05) is 11.3 Å². The monoisotopic (exact) mass is 309 g/mol. The van der Waals surface area contributed by atoms with E-state index in [1.165, 1.54) is 9.75 Å². The van der Waals surface area contributed by atoms with E-state index >= 15 is 0 Å². The molecule has 1 aromatic rings. The summed E-state index contributed by atoms with van der Waals surface area (Å²) in [7, 11) is 0. The SMILES string of the molecule is CCNC(=NCc1ccc(CC)s1)NCC1(O)CCCC1. The van der Waals surface area contributed by atoms with Crippen LogP contribution in [0.5, 0.6) is 0 Å². The quantitative estimate of drug-likeness (QED) is 0.559. The van der Waals surface area contributed by atoms with Crippen molar-refractivity contribution in [3.8, 4) is 0 Å². The summed E-state index contributed by atoms with van der Waals surface area (Å²) in [6, 6.07) is 4.33. The van der Waals surface area contributed by atoms with E-state index in [0.29, 0.717) is 13.1 Å². The number of guanidine groups is 1. The topological polar surface area (TPSA) is 56.7 Å². The molecule has 0 aromatic carbocycles. The summed E-state index contributed by atoms with van der Waals surface area (Å²) in [6.07, 6.45) is 5.12. The standard InChI is InChI=1S/C16H27N3OS/c1-3-13-7-8-14(21-13)11-18-15(17-4-2)19-12-16(20)9-5-6-10-16/h7-8,20H,3-6,9-12H2,1-2H3,(H2,17,18,19). The fourth-order valence-corrected chi connectivity index (χ4v) is 3.54. The van der Waals surface area contributed by atoms with Gasteiger partial charge < -0.3 is 15.7 Å². The van der Waals surface area contributed by atoms with Crippen molar-refractivity contribution in [2.24, 2.45) is 4.99 Å². The molecule has 3 N–H and O–H groups in total. The predicted octanol–water partition coefficient (Wildman–Crippen LogP) is 2.67. The Labute approximate surface area is 131 Å². The van der Waals surface area contributed by atoms with Gasteiger partial charge in [0.1, 0.15) is 0 Å². The molecule has 1 aliphatic carbocycles. The van der Waals surface area contributed by atoms with Crippen LogP contribution < -0.4 is 10.6 Å². The maximum Gasteiger partial charge on any atom is 0.191 e. The van der Waals surface area contributed by atoms with Gasteiger partial charge in [0.05, 0.1) is 12.1 Å². The third kappa shape index (κ3) is 5.00. The molecule has 0 saturated heterocycles. The lowest BCUT2D eigenvalue weighted by Gasteiger charge is -2.23. The van der Waals surface area contributed by atoms with Gasteiger partial charge in [-0.2, -0.15) is 0 Å². The Morgan fingerprint density at radius 1 is 1.24 bits per heavy atom. The number of aliphatic hydroxyl groups is 1. The van der Waals surface area contributed by atoms with Gasteiger partial charge in [-0.3, -0.25) is 0 Å². The second-order valence-corrected chi connectivity index (χ2v) is 6.95. The molecule has 1 aromatic heterocycles. The lowest BCUT2D eigenvalue weighted by atomic mass is 10.0. The van der Waals surface area contributed by atoms with Gasteiger partial charge in [0, 0.05) is 22.8 Å². The molecule has 118 valence electrons. The third-order valence-corrected chi connectivity index (χ3v) is 5.14. The van der Waals surface area contributed by atoms with Crippen LogP contribution in [-0.2, 0) is 13.0 Å². The third-order valence-electron chi connectivity index (χ3n) is 3.92. The zero-order valence-corrected chi connectivity index (χ0v) is 13.9. The smallest absolute Gasteiger partial charge is 0.191 e. The summed E-state index contributed by atoms with van der Waals surface area (Å²) in [4.78, 5) is 7.30. The lowest BCUT2D eigenvalue weighted by molar-refractivity contribution is 0.0522. The van der Waals surface area contributed by atoms with Crippen LogP contribution in [0.4, 0.5) is 0 Å². The average molecular weight is 309 g/mol. The van der Waals surface area contributed by atoms with Crippen molar-refractivity contribution in [3.05, 3.63) is 21.9 Å². The summed E-state index contributed by atoms with van der Waals surface area (Å²) >= 11 is 1.82. The molecule has 1 aliphatic rings. The Kier molecular flexibility index (Phi) is 6.06. The fourth-order valence-electron chi connectivity index (χ4n) is 2.65. The Morgan fingerprint density at radius 3 is 2.57 bits per heavy atom. The number of hydrogen-bond donors (Lipinski definition) is 3. The minimum absolute atomic E-state index is 0.547. The van der Waals surface area contributed by atoms with Crippen LogP contribution in [0.15, 0.2) is 17.1 Å². The van der Waals surface area contributed by atoms with E-state index in [-0.39, 0.29) is 0 Å². The zero-order chi connectivity index (χ0) is 15.1. The summed E-state index contributed by atoms with van der Waals surface area (Å²) in [5, 5.41) is 16.9. The first-order chi connectivity index (χ1) is 10.1. The molecule has 2 rings (SSSR count). The van der Waals surface area contributed by atoms with E-state index < -0.39 is 5.60 Å². The van der Waals surface area contributed by atoms with Gasteiger partial charge in [0.25, 0.3) is 0 Å². The molecule has 21 heavy (non-hydrogen) atoms. The molecule has 0 radical (unpaired) electrons. The van der Waals surface area contributed by atoms with Crippen molar-refractivity contribution in [1.29, 1.82) is 0 Å². The Bertz CT molecular complexity index is 464. The highest BCUT2D eigenvalue weighted by Crippen LogP contribution is 2.28. The number of rotatable bonds is 6. The predicted molar refractivity (Wildman–Crippen MR) is 89.9 cm³/mol. The molecule has 0 amide bonds. The Balaban J connectivity index is 1.89. The number of nitrogens with one attached hydrogen (secondary N) is 2. The van der Waals surface area contributed by atoms with Crippen LogP contribution in [0.1, 0.15) is 49.3 Å². The second kappa shape index (κ2) is 7.80. The van der Waals surface area contributed by atoms with Crippen molar-refractivity contribution >= 4 is 17.3 Å². The van der Waals surface area contributed by atoms with E-state index in [9.17, 15) is 5.11 Å². The largest absolute Gasteiger partial charge is 0.388 e. The average Bonchev–Trinajstić information content (AvgIpc) is 3.11. The maximum atomic E-state index is 10.4. The number of aliphatic imine (C=N–C) groups is 1. The molecule has 1 saturated carbocycles. The van der Waals surface area contributed by atoms with Gasteiger partial charge in [0.15, 0.2) is 5.96 Å². The van der Waals surface area contributed by atoms with Crippen LogP contribution in [0, 0.1) is 0 Å². The number of aryl methyl sites for hydroxylation is 1. The van der Waals surface area contributed by atoms with Crippen molar-refractivity contribution < 1.29 is 5.11 Å². The fraction of sp³-hybridized carbons (Fsp3) is 0.688. The van der Waals surface area contributed by atoms with E-state index in [4.69, 9.17) is 0 Å². The number of nitrogens with zero attached hydrogens (tertiary/aromatic N) is 1. The van der Waals surface area contributed by atoms with Crippen LogP contribution in [0.2, 0.25) is 0 Å². The molecule has 1 fully saturated rings. The molecule has 0 bridgehead atoms. The summed E-state index contributed by atoms with van der Waals surface area (Å²) in [5.41, 5.74) is -0.547. The van der Waals surface area contributed by atoms with E-state index in [2.05, 4.69) is 41.6 Å². The summed E-state index contributed by atoms with van der Waals surface area (Å²) in [6.45, 7) is 6.34. The van der Waals surface area contributed by atoms with Gasteiger partial charge in [0.2, 0.25) is 0 Å². The highest BCUT2D eigenvalue weighted by Gasteiger charge is 2.30. The first-order valence-electron chi connectivity index (χ1n) is 7.97. The van der Waals surface area contributed by atoms with Crippen molar-refractivity contribution in [3.63, 3.8) is 0 Å². The first kappa shape index (κ1) is 16.3. The van der Waals surface area contributed by atoms with Crippen LogP contribution >= 0.6 is 11.3 Å². The van der Waals surface area contributed by atoms with Crippen molar-refractivity contribution in [1.82, 2.24) is 10.6 Å². The van der Waals surface area contributed by atoms with Crippen molar-refractivity contribution in [2.45, 2.75) is 58.1 Å². The molecule has 0 atom stereocenters. The van der Waals surface area contributed by atoms with Crippen LogP contribution in [-0.4, -0.2) is 29.8 Å². The van der Waals surface area contributed by atoms with Gasteiger partial charge in [-0.25, -0.2) is 4.99 Å². The molecule has 4 nitrogen and oxygen atoms in total. The Morgan fingerprint density at radius 2 is 1.95 bits per heavy atom. The van der Waals surface area contributed by atoms with Crippen molar-refractivity contribution in [2.75, 3.05) is 13.1 Å². The molecule has 5 heteroatoms. The lowest BCUT2D eigenvalue weighted by Crippen LogP contribution is -2.45. The van der Waals surface area contributed by atoms with Crippen LogP contribution in [0.25, 0.3) is 0 Å². The second-order valence-electron chi connectivity index (χ2n) is 5.70. The molecule has 0 spiro atoms. The van der Waals surface area contributed by atoms with E-state index in [1.54, 1.807) is 0 Å². The minimum Gasteiger partial charge on any atom is -0.388 e. The summed E-state index contributed by atoms with van der Waals surface area (Å²) in [5.74, 6) is 0.796. The van der Waals surface area contributed by atoms with Gasteiger partial charge in [-0.05, 0) is 38.3 Å². The van der Waals surface area contributed by atoms with Gasteiger partial charge >= 0.3 is 0 Å². The molecular weight excluding hydrogens is 282 g/mol. The molecule has 0 unspecified atom stereocenters. The first-order valence-corrected chi connectivity index (χ1v) is 8.79. The zero-order valence-electron chi connectivity index (χ0n) is 13.1. The number of thiophene rings is 1. The van der Waals surface area contributed by atoms with Crippen LogP contribution in [0.3, 0.4) is 0 Å². The highest BCUT2D eigenvalue weighted by atomic mass is 32.1. The molecule has 0 aliphatic heterocycles. The van der Waals surface area contributed by atoms with Gasteiger partial charge in [-0.1, -0.05) is 19.8 Å². The van der Waals surface area contributed by atoms with Gasteiger partial charge in [-0.15, -0.1) is 11.3 Å². The summed E-state index contributed by atoms with van der Waals surface area (Å²) < 4.78 is 0. The normalized spacial score (nSPS) is 18.0. The molecular formula is C16H27N3OS.